The van der Waals surface area contributed by atoms with Gasteiger partial charge in [-0.15, -0.1) is 0 Å². The standard InChI is InChI=1S/C7H11NO2.C2H4O2/c1-2-10-8-7(5-9)6-3-4-6;1-2(3)4/h6,8H,2-4H2,1H3;1H3,(H,3,4). The first-order chi connectivity index (χ1) is 6.61. The van der Waals surface area contributed by atoms with Crippen molar-refractivity contribution >= 4 is 11.9 Å². The van der Waals surface area contributed by atoms with E-state index in [0.29, 0.717) is 18.2 Å². The van der Waals surface area contributed by atoms with Crippen LogP contribution in [-0.2, 0) is 14.4 Å². The first-order valence-electron chi connectivity index (χ1n) is 4.44. The van der Waals surface area contributed by atoms with Crippen LogP contribution in [0.3, 0.4) is 0 Å². The van der Waals surface area contributed by atoms with E-state index >= 15 is 0 Å². The van der Waals surface area contributed by atoms with E-state index in [2.05, 4.69) is 5.48 Å². The van der Waals surface area contributed by atoms with E-state index in [1.165, 1.54) is 0 Å². The predicted molar refractivity (Wildman–Crippen MR) is 50.0 cm³/mol. The first-order valence-corrected chi connectivity index (χ1v) is 4.44. The Balaban J connectivity index is 0.000000364. The number of hydrogen-bond donors (Lipinski definition) is 2. The van der Waals surface area contributed by atoms with E-state index in [4.69, 9.17) is 14.7 Å². The molecule has 0 bridgehead atoms. The highest BCUT2D eigenvalue weighted by Gasteiger charge is 2.27. The Kier molecular flexibility index (Phi) is 6.45. The summed E-state index contributed by atoms with van der Waals surface area (Å²) in [7, 11) is 0. The molecule has 0 radical (unpaired) electrons. The van der Waals surface area contributed by atoms with Crippen LogP contribution in [-0.4, -0.2) is 23.6 Å². The molecule has 0 amide bonds. The molecule has 80 valence electrons. The Bertz CT molecular complexity index is 225. The number of carboxylic acid groups (broad SMARTS) is 1. The molecule has 0 spiro atoms. The number of hydrogen-bond acceptors (Lipinski definition) is 4. The summed E-state index contributed by atoms with van der Waals surface area (Å²) in [6, 6.07) is 0. The normalized spacial score (nSPS) is 13.3. The number of rotatable bonds is 4. The summed E-state index contributed by atoms with van der Waals surface area (Å²) in [5.74, 6) is 1.39. The molecular formula is C9H15NO4. The summed E-state index contributed by atoms with van der Waals surface area (Å²) in [6.45, 7) is 3.51. The maximum absolute atomic E-state index is 10.2. The van der Waals surface area contributed by atoms with E-state index < -0.39 is 5.97 Å². The van der Waals surface area contributed by atoms with E-state index in [1.54, 1.807) is 0 Å². The molecule has 0 saturated heterocycles. The van der Waals surface area contributed by atoms with Gasteiger partial charge in [0, 0.05) is 12.8 Å². The van der Waals surface area contributed by atoms with E-state index in [0.717, 1.165) is 19.8 Å². The van der Waals surface area contributed by atoms with Gasteiger partial charge < -0.3 is 5.11 Å². The molecule has 1 aliphatic carbocycles. The van der Waals surface area contributed by atoms with E-state index in [1.807, 2.05) is 12.9 Å². The molecule has 0 heterocycles. The topological polar surface area (TPSA) is 75.6 Å². The highest BCUT2D eigenvalue weighted by molar-refractivity contribution is 5.62. The van der Waals surface area contributed by atoms with Crippen LogP contribution in [0, 0.1) is 5.92 Å². The van der Waals surface area contributed by atoms with Crippen molar-refractivity contribution in [2.45, 2.75) is 26.7 Å². The molecule has 14 heavy (non-hydrogen) atoms. The zero-order valence-electron chi connectivity index (χ0n) is 8.37. The number of nitrogens with one attached hydrogen (secondary N) is 1. The van der Waals surface area contributed by atoms with Crippen LogP contribution >= 0.6 is 0 Å². The van der Waals surface area contributed by atoms with E-state index in [9.17, 15) is 4.79 Å². The lowest BCUT2D eigenvalue weighted by molar-refractivity contribution is -0.134. The number of carbonyl (C=O) groups excluding carboxylic acids is 1. The van der Waals surface area contributed by atoms with Gasteiger partial charge in [-0.3, -0.25) is 15.1 Å². The number of carboxylic acids is 1. The van der Waals surface area contributed by atoms with Crippen molar-refractivity contribution in [1.29, 1.82) is 0 Å². The molecule has 1 aliphatic rings. The number of hydroxylamine groups is 1. The van der Waals surface area contributed by atoms with Gasteiger partial charge in [-0.2, -0.15) is 0 Å². The molecule has 0 aliphatic heterocycles. The lowest BCUT2D eigenvalue weighted by atomic mass is 10.3. The maximum atomic E-state index is 10.2. The fourth-order valence-electron chi connectivity index (χ4n) is 0.709. The molecule has 5 heteroatoms. The monoisotopic (exact) mass is 201 g/mol. The predicted octanol–water partition coefficient (Wildman–Crippen LogP) is 0.744. The van der Waals surface area contributed by atoms with E-state index in [-0.39, 0.29) is 0 Å². The van der Waals surface area contributed by atoms with Gasteiger partial charge in [-0.25, -0.2) is 4.79 Å². The summed E-state index contributed by atoms with van der Waals surface area (Å²) >= 11 is 0. The third-order valence-electron chi connectivity index (χ3n) is 1.42. The number of carbonyl (C=O) groups is 1. The van der Waals surface area contributed by atoms with Gasteiger partial charge in [0.15, 0.2) is 0 Å². The second kappa shape index (κ2) is 7.12. The lowest BCUT2D eigenvalue weighted by Crippen LogP contribution is -2.15. The van der Waals surface area contributed by atoms with Gasteiger partial charge in [-0.1, -0.05) is 0 Å². The maximum Gasteiger partial charge on any atom is 0.300 e. The van der Waals surface area contributed by atoms with Crippen molar-refractivity contribution in [2.24, 2.45) is 5.92 Å². The fraction of sp³-hybridized carbons (Fsp3) is 0.667. The summed E-state index contributed by atoms with van der Waals surface area (Å²) in [6.07, 6.45) is 2.18. The quantitative estimate of drug-likeness (QED) is 0.518. The van der Waals surface area contributed by atoms with Gasteiger partial charge in [0.2, 0.25) is 0 Å². The van der Waals surface area contributed by atoms with Crippen molar-refractivity contribution in [2.75, 3.05) is 6.61 Å². The van der Waals surface area contributed by atoms with Crippen molar-refractivity contribution in [3.05, 3.63) is 5.70 Å². The number of allylic oxidation sites excluding steroid dienone is 1. The van der Waals surface area contributed by atoms with Crippen LogP contribution in [0.4, 0.5) is 0 Å². The third-order valence-corrected chi connectivity index (χ3v) is 1.42. The van der Waals surface area contributed by atoms with Crippen LogP contribution in [0.2, 0.25) is 0 Å². The average Bonchev–Trinajstić information content (AvgIpc) is 2.88. The van der Waals surface area contributed by atoms with Crippen LogP contribution in [0.5, 0.6) is 0 Å². The SMILES string of the molecule is CC(=O)O.CCONC(=C=O)C1CC1. The van der Waals surface area contributed by atoms with Crippen molar-refractivity contribution < 1.29 is 19.5 Å². The van der Waals surface area contributed by atoms with Gasteiger partial charge in [0.25, 0.3) is 5.97 Å². The molecule has 1 saturated carbocycles. The second-order valence-electron chi connectivity index (χ2n) is 2.84. The number of aliphatic carboxylic acids is 1. The molecule has 0 aromatic heterocycles. The zero-order chi connectivity index (χ0) is 11.0. The smallest absolute Gasteiger partial charge is 0.300 e. The molecule has 5 nitrogen and oxygen atoms in total. The largest absolute Gasteiger partial charge is 0.481 e. The van der Waals surface area contributed by atoms with Crippen molar-refractivity contribution in [3.63, 3.8) is 0 Å². The average molecular weight is 201 g/mol. The van der Waals surface area contributed by atoms with Crippen LogP contribution in [0.1, 0.15) is 26.7 Å². The molecule has 1 rings (SSSR count). The van der Waals surface area contributed by atoms with Gasteiger partial charge in [0.1, 0.15) is 11.6 Å². The summed E-state index contributed by atoms with van der Waals surface area (Å²) in [5, 5.41) is 7.42. The minimum atomic E-state index is -0.833. The van der Waals surface area contributed by atoms with Crippen LogP contribution in [0.15, 0.2) is 5.70 Å². The molecule has 0 aromatic rings. The molecule has 0 aromatic carbocycles. The summed E-state index contributed by atoms with van der Waals surface area (Å²) in [4.78, 5) is 24.0. The second-order valence-corrected chi connectivity index (χ2v) is 2.84. The third kappa shape index (κ3) is 7.34. The van der Waals surface area contributed by atoms with Crippen molar-refractivity contribution in [3.8, 4) is 0 Å². The highest BCUT2D eigenvalue weighted by Crippen LogP contribution is 2.33. The van der Waals surface area contributed by atoms with Gasteiger partial charge in [-0.05, 0) is 19.8 Å². The lowest BCUT2D eigenvalue weighted by Gasteiger charge is -2.02. The fourth-order valence-corrected chi connectivity index (χ4v) is 0.709. The van der Waals surface area contributed by atoms with Gasteiger partial charge >= 0.3 is 0 Å². The Morgan fingerprint density at radius 3 is 2.43 bits per heavy atom. The minimum absolute atomic E-state index is 0.393. The Hall–Kier alpha value is -1.32. The molecule has 1 fully saturated rings. The molecule has 0 atom stereocenters. The Labute approximate surface area is 82.7 Å². The minimum Gasteiger partial charge on any atom is -0.481 e. The first kappa shape index (κ1) is 12.7. The molecule has 0 unspecified atom stereocenters. The highest BCUT2D eigenvalue weighted by atomic mass is 16.6. The van der Waals surface area contributed by atoms with Crippen LogP contribution in [0.25, 0.3) is 0 Å². The zero-order valence-corrected chi connectivity index (χ0v) is 8.37. The molecule has 2 N–H and O–H groups in total. The Morgan fingerprint density at radius 1 is 1.64 bits per heavy atom. The van der Waals surface area contributed by atoms with Gasteiger partial charge in [0.05, 0.1) is 6.61 Å². The van der Waals surface area contributed by atoms with Crippen molar-refractivity contribution in [1.82, 2.24) is 5.48 Å². The summed E-state index contributed by atoms with van der Waals surface area (Å²) in [5.41, 5.74) is 3.15. The summed E-state index contributed by atoms with van der Waals surface area (Å²) < 4.78 is 0. The van der Waals surface area contributed by atoms with Crippen LogP contribution < -0.4 is 5.48 Å². The molecular weight excluding hydrogens is 186 g/mol. The Morgan fingerprint density at radius 2 is 2.14 bits per heavy atom.